The Morgan fingerprint density at radius 1 is 1.03 bits per heavy atom. The van der Waals surface area contributed by atoms with Crippen molar-refractivity contribution in [2.24, 2.45) is 4.99 Å². The number of benzene rings is 1. The summed E-state index contributed by atoms with van der Waals surface area (Å²) in [7, 11) is 1.72. The predicted molar refractivity (Wildman–Crippen MR) is 121 cm³/mol. The van der Waals surface area contributed by atoms with Crippen molar-refractivity contribution in [1.82, 2.24) is 20.4 Å². The van der Waals surface area contributed by atoms with Crippen molar-refractivity contribution in [2.75, 3.05) is 59.5 Å². The van der Waals surface area contributed by atoms with Crippen LogP contribution in [0.3, 0.4) is 0 Å². The second-order valence-corrected chi connectivity index (χ2v) is 8.08. The van der Waals surface area contributed by atoms with Gasteiger partial charge in [-0.15, -0.1) is 0 Å². The van der Waals surface area contributed by atoms with Crippen molar-refractivity contribution < 1.29 is 4.74 Å². The molecule has 2 saturated heterocycles. The van der Waals surface area contributed by atoms with E-state index in [1.165, 1.54) is 57.3 Å². The first kappa shape index (κ1) is 21.9. The molecule has 0 radical (unpaired) electrons. The van der Waals surface area contributed by atoms with E-state index >= 15 is 0 Å². The maximum atomic E-state index is 5.33. The Bertz CT molecular complexity index is 606. The first-order valence-electron chi connectivity index (χ1n) is 11.4. The number of hydrogen-bond acceptors (Lipinski definition) is 4. The summed E-state index contributed by atoms with van der Waals surface area (Å²) < 4.78 is 5.33. The molecule has 6 nitrogen and oxygen atoms in total. The molecule has 1 aromatic carbocycles. The highest BCUT2D eigenvalue weighted by Gasteiger charge is 2.23. The molecule has 1 unspecified atom stereocenters. The number of methoxy groups -OCH3 is 1. The fourth-order valence-corrected chi connectivity index (χ4v) is 4.35. The molecule has 0 aliphatic carbocycles. The Balaban J connectivity index is 1.57. The molecule has 162 valence electrons. The van der Waals surface area contributed by atoms with Gasteiger partial charge in [0, 0.05) is 13.1 Å². The zero-order valence-corrected chi connectivity index (χ0v) is 18.3. The standard InChI is InChI=1S/C23H39N5O/c1-3-24-23(25-13-8-16-27-14-4-5-15-27)26-19-22(28-17-6-7-18-28)20-9-11-21(29-2)12-10-20/h9-12,22H,3-8,13-19H2,1-2H3,(H2,24,25,26). The van der Waals surface area contributed by atoms with Crippen molar-refractivity contribution in [1.29, 1.82) is 0 Å². The molecule has 0 bridgehead atoms. The van der Waals surface area contributed by atoms with E-state index in [1.807, 2.05) is 0 Å². The van der Waals surface area contributed by atoms with Crippen molar-refractivity contribution in [2.45, 2.75) is 45.1 Å². The third-order valence-electron chi connectivity index (χ3n) is 5.99. The fraction of sp³-hybridized carbons (Fsp3) is 0.696. The molecule has 6 heteroatoms. The van der Waals surface area contributed by atoms with Crippen LogP contribution in [0.5, 0.6) is 5.75 Å². The highest BCUT2D eigenvalue weighted by atomic mass is 16.5. The van der Waals surface area contributed by atoms with Gasteiger partial charge >= 0.3 is 0 Å². The first-order valence-corrected chi connectivity index (χ1v) is 11.4. The molecule has 2 heterocycles. The fourth-order valence-electron chi connectivity index (χ4n) is 4.35. The molecule has 2 N–H and O–H groups in total. The van der Waals surface area contributed by atoms with E-state index in [1.54, 1.807) is 7.11 Å². The van der Waals surface area contributed by atoms with E-state index in [0.717, 1.165) is 44.4 Å². The van der Waals surface area contributed by atoms with Crippen LogP contribution in [-0.2, 0) is 0 Å². The van der Waals surface area contributed by atoms with Gasteiger partial charge in [0.2, 0.25) is 0 Å². The molecule has 3 rings (SSSR count). The van der Waals surface area contributed by atoms with Gasteiger partial charge in [-0.05, 0) is 89.4 Å². The summed E-state index contributed by atoms with van der Waals surface area (Å²) in [4.78, 5) is 10.1. The van der Waals surface area contributed by atoms with E-state index in [9.17, 15) is 0 Å². The van der Waals surface area contributed by atoms with Crippen molar-refractivity contribution in [3.63, 3.8) is 0 Å². The monoisotopic (exact) mass is 401 g/mol. The second-order valence-electron chi connectivity index (χ2n) is 8.08. The normalized spacial score (nSPS) is 19.4. The molecule has 2 aliphatic rings. The van der Waals surface area contributed by atoms with Crippen molar-refractivity contribution >= 4 is 5.96 Å². The van der Waals surface area contributed by atoms with E-state index in [2.05, 4.69) is 51.6 Å². The van der Waals surface area contributed by atoms with Crippen molar-refractivity contribution in [3.8, 4) is 5.75 Å². The minimum atomic E-state index is 0.323. The van der Waals surface area contributed by atoms with Crippen LogP contribution in [0.4, 0.5) is 0 Å². The molecule has 2 aliphatic heterocycles. The second kappa shape index (κ2) is 12.0. The quantitative estimate of drug-likeness (QED) is 0.359. The Labute approximate surface area is 176 Å². The summed E-state index contributed by atoms with van der Waals surface area (Å²) >= 11 is 0. The molecule has 29 heavy (non-hydrogen) atoms. The number of nitrogens with zero attached hydrogens (tertiary/aromatic N) is 3. The minimum Gasteiger partial charge on any atom is -0.497 e. The molecule has 0 amide bonds. The van der Waals surface area contributed by atoms with Crippen LogP contribution in [0.2, 0.25) is 0 Å². The lowest BCUT2D eigenvalue weighted by atomic mass is 10.1. The van der Waals surface area contributed by atoms with Crippen LogP contribution in [0.1, 0.15) is 50.6 Å². The van der Waals surface area contributed by atoms with E-state index < -0.39 is 0 Å². The van der Waals surface area contributed by atoms with E-state index in [-0.39, 0.29) is 0 Å². The Kier molecular flexibility index (Phi) is 9.09. The molecular formula is C23H39N5O. The van der Waals surface area contributed by atoms with Gasteiger partial charge in [-0.25, -0.2) is 0 Å². The number of guanidine groups is 1. The first-order chi connectivity index (χ1) is 14.3. The summed E-state index contributed by atoms with van der Waals surface area (Å²) in [5, 5.41) is 6.95. The van der Waals surface area contributed by atoms with Crippen LogP contribution in [0.15, 0.2) is 29.3 Å². The topological polar surface area (TPSA) is 52.1 Å². The number of ether oxygens (including phenoxy) is 1. The van der Waals surface area contributed by atoms with Crippen molar-refractivity contribution in [3.05, 3.63) is 29.8 Å². The zero-order chi connectivity index (χ0) is 20.3. The molecule has 2 fully saturated rings. The molecule has 1 atom stereocenters. The van der Waals surface area contributed by atoms with E-state index in [4.69, 9.17) is 9.73 Å². The van der Waals surface area contributed by atoms with Crippen LogP contribution >= 0.6 is 0 Å². The maximum absolute atomic E-state index is 5.33. The van der Waals surface area contributed by atoms with Gasteiger partial charge in [-0.2, -0.15) is 0 Å². The van der Waals surface area contributed by atoms with Crippen LogP contribution < -0.4 is 15.4 Å². The summed E-state index contributed by atoms with van der Waals surface area (Å²) in [5.41, 5.74) is 1.32. The van der Waals surface area contributed by atoms with E-state index in [0.29, 0.717) is 6.04 Å². The van der Waals surface area contributed by atoms with Gasteiger partial charge in [0.15, 0.2) is 5.96 Å². The van der Waals surface area contributed by atoms with Gasteiger partial charge in [0.25, 0.3) is 0 Å². The number of hydrogen-bond donors (Lipinski definition) is 2. The third-order valence-corrected chi connectivity index (χ3v) is 5.99. The summed E-state index contributed by atoms with van der Waals surface area (Å²) in [6.45, 7) is 10.8. The number of aliphatic imine (C=N–C) groups is 1. The zero-order valence-electron chi connectivity index (χ0n) is 18.3. The van der Waals surface area contributed by atoms with Gasteiger partial charge < -0.3 is 20.3 Å². The summed E-state index contributed by atoms with van der Waals surface area (Å²) in [5.74, 6) is 1.84. The smallest absolute Gasteiger partial charge is 0.191 e. The predicted octanol–water partition coefficient (Wildman–Crippen LogP) is 2.87. The lowest BCUT2D eigenvalue weighted by Crippen LogP contribution is -2.39. The van der Waals surface area contributed by atoms with Gasteiger partial charge in [-0.1, -0.05) is 12.1 Å². The molecule has 0 saturated carbocycles. The summed E-state index contributed by atoms with van der Waals surface area (Å²) in [6, 6.07) is 8.82. The highest BCUT2D eigenvalue weighted by Crippen LogP contribution is 2.27. The maximum Gasteiger partial charge on any atom is 0.191 e. The number of nitrogens with one attached hydrogen (secondary N) is 2. The van der Waals surface area contributed by atoms with Crippen LogP contribution in [-0.4, -0.2) is 75.2 Å². The van der Waals surface area contributed by atoms with Gasteiger partial charge in [0.1, 0.15) is 5.75 Å². The third kappa shape index (κ3) is 6.89. The number of rotatable bonds is 10. The lowest BCUT2D eigenvalue weighted by molar-refractivity contribution is 0.251. The average molecular weight is 402 g/mol. The minimum absolute atomic E-state index is 0.323. The molecule has 0 spiro atoms. The molecule has 1 aromatic rings. The average Bonchev–Trinajstić information content (AvgIpc) is 3.46. The summed E-state index contributed by atoms with van der Waals surface area (Å²) in [6.07, 6.45) is 6.45. The molecule has 0 aromatic heterocycles. The highest BCUT2D eigenvalue weighted by molar-refractivity contribution is 5.79. The Morgan fingerprint density at radius 2 is 1.72 bits per heavy atom. The SMILES string of the molecule is CCNC(=NCC(c1ccc(OC)cc1)N1CCCC1)NCCCN1CCCC1. The van der Waals surface area contributed by atoms with Crippen LogP contribution in [0, 0.1) is 0 Å². The Morgan fingerprint density at radius 3 is 2.38 bits per heavy atom. The van der Waals surface area contributed by atoms with Gasteiger partial charge in [0.05, 0.1) is 19.7 Å². The number of likely N-dealkylation sites (tertiary alicyclic amines) is 2. The van der Waals surface area contributed by atoms with Gasteiger partial charge in [-0.3, -0.25) is 9.89 Å². The van der Waals surface area contributed by atoms with Crippen LogP contribution in [0.25, 0.3) is 0 Å². The lowest BCUT2D eigenvalue weighted by Gasteiger charge is -2.27. The molecular weight excluding hydrogens is 362 g/mol. The largest absolute Gasteiger partial charge is 0.497 e. The Hall–Kier alpha value is -1.79.